The molecule has 2 aliphatic rings. The number of carboxylic acid groups (broad SMARTS) is 1. The highest BCUT2D eigenvalue weighted by Crippen LogP contribution is 2.41. The van der Waals surface area contributed by atoms with E-state index in [-0.39, 0.29) is 35.4 Å². The number of rotatable bonds is 5. The molecular formula is C25H38N2O5. The Morgan fingerprint density at radius 3 is 2.44 bits per heavy atom. The maximum Gasteiger partial charge on any atom is 0.409 e. The molecule has 1 saturated heterocycles. The van der Waals surface area contributed by atoms with Gasteiger partial charge in [0.15, 0.2) is 0 Å². The third-order valence-corrected chi connectivity index (χ3v) is 6.61. The zero-order chi connectivity index (χ0) is 23.7. The third kappa shape index (κ3) is 5.81. The smallest absolute Gasteiger partial charge is 0.409 e. The number of aliphatic hydroxyl groups is 1. The second-order valence-corrected chi connectivity index (χ2v) is 10.8. The number of nitrogens with zero attached hydrogens (tertiary/aromatic N) is 1. The van der Waals surface area contributed by atoms with Crippen LogP contribution < -0.4 is 5.32 Å². The van der Waals surface area contributed by atoms with Crippen molar-refractivity contribution in [2.24, 2.45) is 11.8 Å². The van der Waals surface area contributed by atoms with E-state index in [1.54, 1.807) is 13.8 Å². The summed E-state index contributed by atoms with van der Waals surface area (Å²) in [6.07, 6.45) is 1.11. The van der Waals surface area contributed by atoms with Crippen molar-refractivity contribution in [2.75, 3.05) is 0 Å². The lowest BCUT2D eigenvalue weighted by Crippen LogP contribution is -2.49. The van der Waals surface area contributed by atoms with Gasteiger partial charge in [0.2, 0.25) is 5.91 Å². The van der Waals surface area contributed by atoms with Gasteiger partial charge in [-0.05, 0) is 78.2 Å². The summed E-state index contributed by atoms with van der Waals surface area (Å²) in [6, 6.07) is 9.50. The van der Waals surface area contributed by atoms with Crippen molar-refractivity contribution < 1.29 is 24.5 Å². The van der Waals surface area contributed by atoms with E-state index < -0.39 is 17.9 Å². The lowest BCUT2D eigenvalue weighted by atomic mass is 9.73. The van der Waals surface area contributed by atoms with Crippen LogP contribution >= 0.6 is 0 Å². The maximum absolute atomic E-state index is 13.0. The van der Waals surface area contributed by atoms with Crippen LogP contribution in [0.5, 0.6) is 0 Å². The van der Waals surface area contributed by atoms with E-state index in [9.17, 15) is 19.8 Å². The zero-order valence-electron chi connectivity index (χ0n) is 19.9. The average molecular weight is 447 g/mol. The molecule has 5 unspecified atom stereocenters. The highest BCUT2D eigenvalue weighted by molar-refractivity contribution is 5.79. The molecule has 1 aliphatic carbocycles. The first-order valence-electron chi connectivity index (χ1n) is 11.6. The SMILES string of the molecule is CC(C)(C)NC(=O)C1CC(O)CCC1CC1OC(C)(C)N(C(=O)O)C1Cc1ccccc1. The Bertz CT molecular complexity index is 804. The van der Waals surface area contributed by atoms with Gasteiger partial charge in [-0.2, -0.15) is 0 Å². The van der Waals surface area contributed by atoms with Gasteiger partial charge in [-0.25, -0.2) is 4.79 Å². The second-order valence-electron chi connectivity index (χ2n) is 10.8. The van der Waals surface area contributed by atoms with Crippen molar-refractivity contribution in [3.63, 3.8) is 0 Å². The quantitative estimate of drug-likeness (QED) is 0.639. The fraction of sp³-hybridized carbons (Fsp3) is 0.680. The fourth-order valence-corrected chi connectivity index (χ4v) is 5.30. The van der Waals surface area contributed by atoms with Crippen LogP contribution in [0.4, 0.5) is 4.79 Å². The van der Waals surface area contributed by atoms with Crippen LogP contribution in [0.1, 0.15) is 65.9 Å². The summed E-state index contributed by atoms with van der Waals surface area (Å²) in [6.45, 7) is 9.41. The van der Waals surface area contributed by atoms with E-state index in [4.69, 9.17) is 4.74 Å². The molecular weight excluding hydrogens is 408 g/mol. The van der Waals surface area contributed by atoms with Crippen LogP contribution in [-0.2, 0) is 16.0 Å². The normalized spacial score (nSPS) is 30.2. The first kappa shape index (κ1) is 24.5. The Morgan fingerprint density at radius 1 is 1.19 bits per heavy atom. The van der Waals surface area contributed by atoms with Crippen LogP contribution in [-0.4, -0.2) is 56.6 Å². The van der Waals surface area contributed by atoms with E-state index in [0.717, 1.165) is 12.0 Å². The van der Waals surface area contributed by atoms with Crippen molar-refractivity contribution in [1.82, 2.24) is 10.2 Å². The van der Waals surface area contributed by atoms with Crippen LogP contribution in [0, 0.1) is 11.8 Å². The summed E-state index contributed by atoms with van der Waals surface area (Å²) >= 11 is 0. The summed E-state index contributed by atoms with van der Waals surface area (Å²) < 4.78 is 6.32. The Morgan fingerprint density at radius 2 is 1.84 bits per heavy atom. The van der Waals surface area contributed by atoms with Gasteiger partial charge in [0.1, 0.15) is 5.72 Å². The molecule has 1 aromatic rings. The maximum atomic E-state index is 13.0. The van der Waals surface area contributed by atoms with Crippen molar-refractivity contribution in [2.45, 2.75) is 96.2 Å². The molecule has 2 fully saturated rings. The number of carbonyl (C=O) groups excluding carboxylic acids is 1. The van der Waals surface area contributed by atoms with E-state index in [2.05, 4.69) is 5.32 Å². The summed E-state index contributed by atoms with van der Waals surface area (Å²) in [5.41, 5.74) is -0.254. The van der Waals surface area contributed by atoms with E-state index in [1.807, 2.05) is 51.1 Å². The van der Waals surface area contributed by atoms with Gasteiger partial charge in [-0.1, -0.05) is 30.3 Å². The zero-order valence-corrected chi connectivity index (χ0v) is 19.9. The van der Waals surface area contributed by atoms with Gasteiger partial charge >= 0.3 is 6.09 Å². The topological polar surface area (TPSA) is 99.1 Å². The van der Waals surface area contributed by atoms with Gasteiger partial charge < -0.3 is 20.3 Å². The molecule has 1 heterocycles. The Hall–Kier alpha value is -2.12. The van der Waals surface area contributed by atoms with Crippen LogP contribution in [0.3, 0.4) is 0 Å². The minimum Gasteiger partial charge on any atom is -0.465 e. The predicted molar refractivity (Wildman–Crippen MR) is 122 cm³/mol. The Balaban J connectivity index is 1.84. The third-order valence-electron chi connectivity index (χ3n) is 6.61. The van der Waals surface area contributed by atoms with Crippen LogP contribution in [0.2, 0.25) is 0 Å². The standard InChI is InChI=1S/C25H38N2O5/c1-24(2,3)26-22(29)19-15-18(28)12-11-17(19)14-21-20(13-16-9-7-6-8-10-16)27(23(30)31)25(4,5)32-21/h6-10,17-21,28H,11-15H2,1-5H3,(H,26,29)(H,30,31). The highest BCUT2D eigenvalue weighted by atomic mass is 16.6. The number of nitrogens with one attached hydrogen (secondary N) is 1. The first-order valence-corrected chi connectivity index (χ1v) is 11.6. The number of hydrogen-bond acceptors (Lipinski definition) is 4. The molecule has 7 heteroatoms. The number of benzene rings is 1. The Kier molecular flexibility index (Phi) is 7.20. The number of carbonyl (C=O) groups is 2. The summed E-state index contributed by atoms with van der Waals surface area (Å²) in [4.78, 5) is 26.6. The molecule has 0 bridgehead atoms. The molecule has 0 radical (unpaired) electrons. The van der Waals surface area contributed by atoms with E-state index in [0.29, 0.717) is 25.7 Å². The first-order chi connectivity index (χ1) is 14.9. The summed E-state index contributed by atoms with van der Waals surface area (Å²) in [5.74, 6) is -0.345. The van der Waals surface area contributed by atoms with Crippen molar-refractivity contribution >= 4 is 12.0 Å². The highest BCUT2D eigenvalue weighted by Gasteiger charge is 2.51. The Labute approximate surface area is 191 Å². The van der Waals surface area contributed by atoms with Crippen molar-refractivity contribution in [1.29, 1.82) is 0 Å². The number of ether oxygens (including phenoxy) is 1. The second kappa shape index (κ2) is 9.40. The summed E-state index contributed by atoms with van der Waals surface area (Å²) in [5, 5.41) is 23.3. The van der Waals surface area contributed by atoms with Gasteiger partial charge in [0.05, 0.1) is 18.2 Å². The molecule has 32 heavy (non-hydrogen) atoms. The molecule has 7 nitrogen and oxygen atoms in total. The molecule has 0 aromatic heterocycles. The monoisotopic (exact) mass is 446 g/mol. The minimum atomic E-state index is -1.00. The molecule has 1 aliphatic heterocycles. The number of hydrogen-bond donors (Lipinski definition) is 3. The van der Waals surface area contributed by atoms with Crippen LogP contribution in [0.25, 0.3) is 0 Å². The van der Waals surface area contributed by atoms with Crippen LogP contribution in [0.15, 0.2) is 30.3 Å². The van der Waals surface area contributed by atoms with Gasteiger partial charge in [-0.15, -0.1) is 0 Å². The average Bonchev–Trinajstić information content (AvgIpc) is 2.92. The van der Waals surface area contributed by atoms with Crippen molar-refractivity contribution in [3.05, 3.63) is 35.9 Å². The molecule has 1 saturated carbocycles. The lowest BCUT2D eigenvalue weighted by Gasteiger charge is -2.37. The number of aliphatic hydroxyl groups excluding tert-OH is 1. The molecule has 5 atom stereocenters. The minimum absolute atomic E-state index is 0.0218. The van der Waals surface area contributed by atoms with Crippen molar-refractivity contribution in [3.8, 4) is 0 Å². The number of amides is 2. The molecule has 178 valence electrons. The lowest BCUT2D eigenvalue weighted by molar-refractivity contribution is -0.132. The van der Waals surface area contributed by atoms with Gasteiger partial charge in [-0.3, -0.25) is 9.69 Å². The summed E-state index contributed by atoms with van der Waals surface area (Å²) in [7, 11) is 0. The van der Waals surface area contributed by atoms with Gasteiger partial charge in [0.25, 0.3) is 0 Å². The van der Waals surface area contributed by atoms with Gasteiger partial charge in [0, 0.05) is 11.5 Å². The van der Waals surface area contributed by atoms with E-state index >= 15 is 0 Å². The molecule has 3 rings (SSSR count). The predicted octanol–water partition coefficient (Wildman–Crippen LogP) is 3.79. The fourth-order valence-electron chi connectivity index (χ4n) is 5.30. The molecule has 3 N–H and O–H groups in total. The molecule has 0 spiro atoms. The largest absolute Gasteiger partial charge is 0.465 e. The molecule has 2 amide bonds. The van der Waals surface area contributed by atoms with E-state index in [1.165, 1.54) is 4.90 Å². The molecule has 1 aromatic carbocycles.